The van der Waals surface area contributed by atoms with Crippen molar-refractivity contribution in [3.8, 4) is 0 Å². The van der Waals surface area contributed by atoms with Gasteiger partial charge in [-0.1, -0.05) is 13.8 Å². The second kappa shape index (κ2) is 5.28. The van der Waals surface area contributed by atoms with Gasteiger partial charge in [0, 0.05) is 25.1 Å². The predicted molar refractivity (Wildman–Crippen MR) is 65.5 cm³/mol. The third kappa shape index (κ3) is 2.71. The number of hydrogen-bond acceptors (Lipinski definition) is 2. The minimum Gasteiger partial charge on any atom is -0.299 e. The molecule has 1 heterocycles. The Morgan fingerprint density at radius 2 is 2.06 bits per heavy atom. The lowest BCUT2D eigenvalue weighted by molar-refractivity contribution is -0.122. The smallest absolute Gasteiger partial charge is 0.136 e. The van der Waals surface area contributed by atoms with E-state index in [1.165, 1.54) is 11.3 Å². The van der Waals surface area contributed by atoms with E-state index in [-0.39, 0.29) is 5.92 Å². The first-order valence-electron chi connectivity index (χ1n) is 5.99. The Morgan fingerprint density at radius 3 is 2.50 bits per heavy atom. The van der Waals surface area contributed by atoms with Gasteiger partial charge < -0.3 is 0 Å². The number of Topliss-reactive ketones (excluding diaryl/α,β-unsaturated/α-hetero) is 1. The normalized spacial score (nSPS) is 12.8. The van der Waals surface area contributed by atoms with Crippen molar-refractivity contribution >= 4 is 5.78 Å². The molecule has 0 saturated carbocycles. The average molecular weight is 222 g/mol. The second-order valence-electron chi connectivity index (χ2n) is 4.55. The molecular formula is C13H22N2O. The lowest BCUT2D eigenvalue weighted by atomic mass is 9.97. The number of carbonyl (C=O) groups is 1. The summed E-state index contributed by atoms with van der Waals surface area (Å²) in [4.78, 5) is 11.7. The summed E-state index contributed by atoms with van der Waals surface area (Å²) in [6.45, 7) is 8.13. The summed E-state index contributed by atoms with van der Waals surface area (Å²) in [5, 5.41) is 4.36. The van der Waals surface area contributed by atoms with Gasteiger partial charge in [0.1, 0.15) is 5.78 Å². The molecule has 90 valence electrons. The molecule has 1 aromatic rings. The van der Waals surface area contributed by atoms with E-state index in [2.05, 4.69) is 18.9 Å². The summed E-state index contributed by atoms with van der Waals surface area (Å²) < 4.78 is 1.89. The first-order chi connectivity index (χ1) is 7.47. The van der Waals surface area contributed by atoms with Gasteiger partial charge in [-0.3, -0.25) is 9.48 Å². The van der Waals surface area contributed by atoms with Crippen LogP contribution < -0.4 is 0 Å². The number of aryl methyl sites for hydroxylation is 2. The van der Waals surface area contributed by atoms with Crippen LogP contribution in [-0.4, -0.2) is 15.6 Å². The van der Waals surface area contributed by atoms with Crippen molar-refractivity contribution in [2.24, 2.45) is 13.0 Å². The number of ketones is 1. The molecule has 0 saturated heterocycles. The van der Waals surface area contributed by atoms with Crippen LogP contribution in [0.5, 0.6) is 0 Å². The number of hydrogen-bond donors (Lipinski definition) is 0. The van der Waals surface area contributed by atoms with Gasteiger partial charge in [0.15, 0.2) is 0 Å². The Morgan fingerprint density at radius 1 is 1.44 bits per heavy atom. The molecular weight excluding hydrogens is 200 g/mol. The molecule has 0 amide bonds. The molecule has 1 unspecified atom stereocenters. The van der Waals surface area contributed by atoms with Crippen molar-refractivity contribution in [1.29, 1.82) is 0 Å². The molecule has 0 aliphatic rings. The van der Waals surface area contributed by atoms with Gasteiger partial charge in [0.05, 0.1) is 5.69 Å². The molecule has 3 heteroatoms. The Labute approximate surface area is 97.8 Å². The third-order valence-electron chi connectivity index (χ3n) is 3.44. The van der Waals surface area contributed by atoms with Gasteiger partial charge in [-0.25, -0.2) is 0 Å². The van der Waals surface area contributed by atoms with E-state index >= 15 is 0 Å². The van der Waals surface area contributed by atoms with Crippen LogP contribution in [0, 0.1) is 19.8 Å². The van der Waals surface area contributed by atoms with Crippen molar-refractivity contribution in [3.63, 3.8) is 0 Å². The lowest BCUT2D eigenvalue weighted by Gasteiger charge is -2.07. The fourth-order valence-corrected chi connectivity index (χ4v) is 1.90. The Kier molecular flexibility index (Phi) is 4.27. The lowest BCUT2D eigenvalue weighted by Crippen LogP contribution is -2.11. The van der Waals surface area contributed by atoms with Crippen LogP contribution in [-0.2, 0) is 18.3 Å². The molecule has 0 bridgehead atoms. The van der Waals surface area contributed by atoms with E-state index in [1.807, 2.05) is 25.6 Å². The molecule has 0 aromatic carbocycles. The molecule has 0 aliphatic carbocycles. The molecule has 0 spiro atoms. The molecule has 1 atom stereocenters. The highest BCUT2D eigenvalue weighted by Crippen LogP contribution is 2.16. The Balaban J connectivity index is 2.65. The van der Waals surface area contributed by atoms with Gasteiger partial charge in [-0.2, -0.15) is 5.10 Å². The summed E-state index contributed by atoms with van der Waals surface area (Å²) in [5.74, 6) is 0.558. The van der Waals surface area contributed by atoms with Crippen LogP contribution in [0.2, 0.25) is 0 Å². The molecule has 0 N–H and O–H groups in total. The predicted octanol–water partition coefficient (Wildman–Crippen LogP) is 2.58. The van der Waals surface area contributed by atoms with Crippen LogP contribution in [0.1, 0.15) is 43.6 Å². The first kappa shape index (κ1) is 12.9. The van der Waals surface area contributed by atoms with Crippen molar-refractivity contribution < 1.29 is 4.79 Å². The van der Waals surface area contributed by atoms with E-state index in [9.17, 15) is 4.79 Å². The highest BCUT2D eigenvalue weighted by Gasteiger charge is 2.14. The van der Waals surface area contributed by atoms with E-state index in [0.29, 0.717) is 12.2 Å². The second-order valence-corrected chi connectivity index (χ2v) is 4.55. The van der Waals surface area contributed by atoms with Crippen LogP contribution in [0.15, 0.2) is 0 Å². The maximum absolute atomic E-state index is 11.7. The number of aromatic nitrogens is 2. The van der Waals surface area contributed by atoms with E-state index in [1.54, 1.807) is 0 Å². The molecule has 3 nitrogen and oxygen atoms in total. The van der Waals surface area contributed by atoms with E-state index in [0.717, 1.165) is 18.5 Å². The molecule has 0 fully saturated rings. The highest BCUT2D eigenvalue weighted by atomic mass is 16.1. The quantitative estimate of drug-likeness (QED) is 0.767. The Hall–Kier alpha value is -1.12. The Bertz CT molecular complexity index is 380. The van der Waals surface area contributed by atoms with E-state index in [4.69, 9.17) is 0 Å². The molecule has 16 heavy (non-hydrogen) atoms. The number of nitrogens with zero attached hydrogens (tertiary/aromatic N) is 2. The van der Waals surface area contributed by atoms with Crippen LogP contribution >= 0.6 is 0 Å². The van der Waals surface area contributed by atoms with Crippen LogP contribution in [0.4, 0.5) is 0 Å². The summed E-state index contributed by atoms with van der Waals surface area (Å²) >= 11 is 0. The zero-order chi connectivity index (χ0) is 12.3. The number of carbonyl (C=O) groups excluding carboxylic acids is 1. The minimum atomic E-state index is 0.192. The summed E-state index contributed by atoms with van der Waals surface area (Å²) in [6.07, 6.45) is 2.40. The fraction of sp³-hybridized carbons (Fsp3) is 0.692. The molecule has 0 aliphatic heterocycles. The van der Waals surface area contributed by atoms with Crippen LogP contribution in [0.25, 0.3) is 0 Å². The summed E-state index contributed by atoms with van der Waals surface area (Å²) in [5.41, 5.74) is 3.46. The average Bonchev–Trinajstić information content (AvgIpc) is 2.49. The highest BCUT2D eigenvalue weighted by molar-refractivity contribution is 5.80. The maximum atomic E-state index is 11.7. The number of rotatable bonds is 5. The summed E-state index contributed by atoms with van der Waals surface area (Å²) in [6, 6.07) is 0. The van der Waals surface area contributed by atoms with Gasteiger partial charge >= 0.3 is 0 Å². The molecule has 1 aromatic heterocycles. The van der Waals surface area contributed by atoms with Gasteiger partial charge in [0.25, 0.3) is 0 Å². The minimum absolute atomic E-state index is 0.192. The zero-order valence-electron chi connectivity index (χ0n) is 11.0. The van der Waals surface area contributed by atoms with Gasteiger partial charge in [0.2, 0.25) is 0 Å². The standard InChI is InChI=1S/C13H22N2O/c1-6-9(2)13(16)8-7-12-10(3)14-15(5)11(12)4/h9H,6-8H2,1-5H3. The van der Waals surface area contributed by atoms with Crippen molar-refractivity contribution in [1.82, 2.24) is 9.78 Å². The largest absolute Gasteiger partial charge is 0.299 e. The third-order valence-corrected chi connectivity index (χ3v) is 3.44. The zero-order valence-corrected chi connectivity index (χ0v) is 11.0. The molecule has 0 radical (unpaired) electrons. The van der Waals surface area contributed by atoms with Gasteiger partial charge in [-0.05, 0) is 32.3 Å². The maximum Gasteiger partial charge on any atom is 0.136 e. The first-order valence-corrected chi connectivity index (χ1v) is 5.99. The van der Waals surface area contributed by atoms with E-state index < -0.39 is 0 Å². The monoisotopic (exact) mass is 222 g/mol. The van der Waals surface area contributed by atoms with Crippen molar-refractivity contribution in [3.05, 3.63) is 17.0 Å². The molecule has 1 rings (SSSR count). The summed E-state index contributed by atoms with van der Waals surface area (Å²) in [7, 11) is 1.95. The topological polar surface area (TPSA) is 34.9 Å². The van der Waals surface area contributed by atoms with Crippen molar-refractivity contribution in [2.45, 2.75) is 47.0 Å². The SMILES string of the molecule is CCC(C)C(=O)CCc1c(C)nn(C)c1C. The van der Waals surface area contributed by atoms with Gasteiger partial charge in [-0.15, -0.1) is 0 Å². The fourth-order valence-electron chi connectivity index (χ4n) is 1.90. The van der Waals surface area contributed by atoms with Crippen molar-refractivity contribution in [2.75, 3.05) is 0 Å². The van der Waals surface area contributed by atoms with Crippen LogP contribution in [0.3, 0.4) is 0 Å².